The molecule has 2 amide bonds. The van der Waals surface area contributed by atoms with E-state index in [1.54, 1.807) is 16.8 Å². The van der Waals surface area contributed by atoms with Gasteiger partial charge in [0.25, 0.3) is 5.91 Å². The molecule has 0 saturated heterocycles. The Morgan fingerprint density at radius 1 is 1.07 bits per heavy atom. The van der Waals surface area contributed by atoms with E-state index in [0.717, 1.165) is 49.1 Å². The number of nitrogens with two attached hydrogens (primary N) is 1. The van der Waals surface area contributed by atoms with Crippen LogP contribution in [0.2, 0.25) is 0 Å². The molecule has 8 nitrogen and oxygen atoms in total. The fourth-order valence-electron chi connectivity index (χ4n) is 5.40. The van der Waals surface area contributed by atoms with Gasteiger partial charge in [-0.1, -0.05) is 12.1 Å². The molecule has 0 spiro atoms. The van der Waals surface area contributed by atoms with E-state index in [9.17, 15) is 22.8 Å². The normalized spacial score (nSPS) is 13.3. The van der Waals surface area contributed by atoms with Gasteiger partial charge >= 0.3 is 0 Å². The zero-order valence-electron chi connectivity index (χ0n) is 23.0. The third kappa shape index (κ3) is 6.29. The molecular weight excluding hydrogens is 547 g/mol. The average Bonchev–Trinajstić information content (AvgIpc) is 3.29. The molecule has 0 radical (unpaired) electrons. The molecule has 1 atom stereocenters. The summed E-state index contributed by atoms with van der Waals surface area (Å²) in [6, 6.07) is 9.54. The topological polar surface area (TPSA) is 112 Å². The average molecular weight is 578 g/mol. The molecule has 1 unspecified atom stereocenters. The number of amides is 2. The second kappa shape index (κ2) is 12.5. The highest BCUT2D eigenvalue weighted by Crippen LogP contribution is 2.32. The number of pyridine rings is 1. The lowest BCUT2D eigenvalue weighted by molar-refractivity contribution is -0.122. The Morgan fingerprint density at radius 2 is 1.83 bits per heavy atom. The first-order chi connectivity index (χ1) is 20.2. The second-order valence-corrected chi connectivity index (χ2v) is 10.1. The highest BCUT2D eigenvalue weighted by Gasteiger charge is 2.26. The Kier molecular flexibility index (Phi) is 8.56. The molecule has 11 heteroatoms. The Balaban J connectivity index is 1.51. The van der Waals surface area contributed by atoms with Crippen molar-refractivity contribution in [3.8, 4) is 17.0 Å². The Labute approximate surface area is 240 Å². The molecule has 2 aromatic heterocycles. The minimum Gasteiger partial charge on any atom is -0.477 e. The highest BCUT2D eigenvalue weighted by atomic mass is 19.1. The number of fused-ring (bicyclic) bond motifs is 1. The first kappa shape index (κ1) is 28.8. The van der Waals surface area contributed by atoms with Gasteiger partial charge in [-0.05, 0) is 80.5 Å². The number of rotatable bonds is 10. The number of halogens is 3. The zero-order chi connectivity index (χ0) is 29.8. The molecule has 1 aliphatic carbocycles. The quantitative estimate of drug-likeness (QED) is 0.280. The molecule has 3 N–H and O–H groups in total. The van der Waals surface area contributed by atoms with Gasteiger partial charge in [0.2, 0.25) is 11.8 Å². The van der Waals surface area contributed by atoms with Crippen LogP contribution in [-0.2, 0) is 30.6 Å². The SMILES string of the molecule is CCOc1nn(CC(=O)NC(Cc2cc(F)cc(F)c2)c2ncccc2-c2ccc(F)c(C(N)=O)c2)c2c1CCCC2. The van der Waals surface area contributed by atoms with E-state index in [-0.39, 0.29) is 18.5 Å². The molecule has 0 saturated carbocycles. The van der Waals surface area contributed by atoms with Crippen LogP contribution in [0, 0.1) is 17.5 Å². The van der Waals surface area contributed by atoms with Crippen molar-refractivity contribution in [1.29, 1.82) is 0 Å². The summed E-state index contributed by atoms with van der Waals surface area (Å²) >= 11 is 0. The Bertz CT molecular complexity index is 1620. The van der Waals surface area contributed by atoms with E-state index < -0.39 is 35.3 Å². The molecule has 5 rings (SSSR count). The smallest absolute Gasteiger partial charge is 0.251 e. The van der Waals surface area contributed by atoms with E-state index in [1.807, 2.05) is 6.92 Å². The summed E-state index contributed by atoms with van der Waals surface area (Å²) < 4.78 is 49.8. The third-order valence-corrected chi connectivity index (χ3v) is 7.20. The van der Waals surface area contributed by atoms with Crippen molar-refractivity contribution in [3.05, 3.63) is 100 Å². The maximum atomic E-state index is 14.2. The highest BCUT2D eigenvalue weighted by molar-refractivity contribution is 5.94. The lowest BCUT2D eigenvalue weighted by atomic mass is 9.94. The summed E-state index contributed by atoms with van der Waals surface area (Å²) in [6.07, 6.45) is 5.09. The van der Waals surface area contributed by atoms with Gasteiger partial charge in [-0.3, -0.25) is 19.3 Å². The largest absolute Gasteiger partial charge is 0.477 e. The number of nitrogens with zero attached hydrogens (tertiary/aromatic N) is 3. The zero-order valence-corrected chi connectivity index (χ0v) is 23.0. The van der Waals surface area contributed by atoms with Crippen LogP contribution in [0.5, 0.6) is 5.88 Å². The Hall–Kier alpha value is -4.67. The van der Waals surface area contributed by atoms with Crippen LogP contribution < -0.4 is 15.8 Å². The lowest BCUT2D eigenvalue weighted by Gasteiger charge is -2.22. The van der Waals surface area contributed by atoms with Crippen LogP contribution in [0.1, 0.15) is 58.7 Å². The standard InChI is InChI=1S/C31H30F3N5O3/c1-2-42-31-23-6-3-4-8-27(23)39(38-31)17-28(40)37-26(14-18-12-20(32)16-21(33)13-18)29-22(7-5-11-36-29)19-9-10-25(34)24(15-19)30(35)41/h5,7,9-13,15-16,26H,2-4,6,8,14,17H2,1H3,(H2,35,41)(H,37,40). The molecule has 0 aliphatic heterocycles. The van der Waals surface area contributed by atoms with Crippen LogP contribution in [0.4, 0.5) is 13.2 Å². The van der Waals surface area contributed by atoms with E-state index in [0.29, 0.717) is 34.9 Å². The first-order valence-corrected chi connectivity index (χ1v) is 13.7. The van der Waals surface area contributed by atoms with Crippen molar-refractivity contribution in [1.82, 2.24) is 20.1 Å². The van der Waals surface area contributed by atoms with Gasteiger partial charge in [0.05, 0.1) is 23.9 Å². The van der Waals surface area contributed by atoms with Gasteiger partial charge < -0.3 is 15.8 Å². The molecule has 2 aromatic carbocycles. The van der Waals surface area contributed by atoms with E-state index in [1.165, 1.54) is 30.5 Å². The van der Waals surface area contributed by atoms with Crippen molar-refractivity contribution >= 4 is 11.8 Å². The minimum absolute atomic E-state index is 0.00425. The molecule has 4 aromatic rings. The number of hydrogen-bond donors (Lipinski definition) is 2. The number of carbonyl (C=O) groups excluding carboxylic acids is 2. The molecule has 1 aliphatic rings. The van der Waals surface area contributed by atoms with Crippen LogP contribution in [-0.4, -0.2) is 33.2 Å². The fourth-order valence-corrected chi connectivity index (χ4v) is 5.40. The van der Waals surface area contributed by atoms with Crippen molar-refractivity contribution in [2.75, 3.05) is 6.61 Å². The number of ether oxygens (including phenoxy) is 1. The van der Waals surface area contributed by atoms with Crippen LogP contribution >= 0.6 is 0 Å². The van der Waals surface area contributed by atoms with Gasteiger partial charge in [-0.2, -0.15) is 0 Å². The lowest BCUT2D eigenvalue weighted by Crippen LogP contribution is -2.34. The summed E-state index contributed by atoms with van der Waals surface area (Å²) in [5.41, 5.74) is 8.58. The number of hydrogen-bond acceptors (Lipinski definition) is 5. The fraction of sp³-hybridized carbons (Fsp3) is 0.290. The maximum absolute atomic E-state index is 14.2. The molecular formula is C31H30F3N5O3. The first-order valence-electron chi connectivity index (χ1n) is 13.7. The van der Waals surface area contributed by atoms with E-state index in [2.05, 4.69) is 15.4 Å². The van der Waals surface area contributed by atoms with Crippen LogP contribution in [0.25, 0.3) is 11.1 Å². The van der Waals surface area contributed by atoms with Crippen LogP contribution in [0.3, 0.4) is 0 Å². The molecule has 0 bridgehead atoms. The molecule has 2 heterocycles. The second-order valence-electron chi connectivity index (χ2n) is 10.1. The van der Waals surface area contributed by atoms with Gasteiger partial charge in [0, 0.05) is 29.1 Å². The predicted octanol–water partition coefficient (Wildman–Crippen LogP) is 4.84. The van der Waals surface area contributed by atoms with Crippen molar-refractivity contribution in [2.24, 2.45) is 5.73 Å². The summed E-state index contributed by atoms with van der Waals surface area (Å²) in [4.78, 5) is 29.8. The monoisotopic (exact) mass is 577 g/mol. The Morgan fingerprint density at radius 3 is 2.57 bits per heavy atom. The summed E-state index contributed by atoms with van der Waals surface area (Å²) in [5.74, 6) is -3.09. The van der Waals surface area contributed by atoms with Gasteiger partial charge in [0.1, 0.15) is 24.0 Å². The van der Waals surface area contributed by atoms with E-state index in [4.69, 9.17) is 10.5 Å². The van der Waals surface area contributed by atoms with Crippen molar-refractivity contribution < 1.29 is 27.5 Å². The number of primary amides is 1. The van der Waals surface area contributed by atoms with Crippen molar-refractivity contribution in [3.63, 3.8) is 0 Å². The predicted molar refractivity (Wildman–Crippen MR) is 149 cm³/mol. The number of aromatic nitrogens is 3. The molecule has 218 valence electrons. The third-order valence-electron chi connectivity index (χ3n) is 7.20. The maximum Gasteiger partial charge on any atom is 0.251 e. The number of carbonyl (C=O) groups is 2. The van der Waals surface area contributed by atoms with Crippen LogP contribution in [0.15, 0.2) is 54.7 Å². The van der Waals surface area contributed by atoms with Crippen molar-refractivity contribution in [2.45, 2.75) is 51.6 Å². The van der Waals surface area contributed by atoms with Gasteiger partial charge in [-0.15, -0.1) is 5.10 Å². The minimum atomic E-state index is -0.936. The summed E-state index contributed by atoms with van der Waals surface area (Å²) in [5, 5.41) is 7.51. The molecule has 0 fully saturated rings. The van der Waals surface area contributed by atoms with Gasteiger partial charge in [-0.25, -0.2) is 13.2 Å². The summed E-state index contributed by atoms with van der Waals surface area (Å²) in [6.45, 7) is 2.22. The molecule has 42 heavy (non-hydrogen) atoms. The van der Waals surface area contributed by atoms with E-state index >= 15 is 0 Å². The summed E-state index contributed by atoms with van der Waals surface area (Å²) in [7, 11) is 0. The van der Waals surface area contributed by atoms with Gasteiger partial charge in [0.15, 0.2) is 0 Å². The number of nitrogens with one attached hydrogen (secondary N) is 1. The number of benzene rings is 2.